The van der Waals surface area contributed by atoms with Gasteiger partial charge in [-0.3, -0.25) is 0 Å². The second kappa shape index (κ2) is 10.3. The van der Waals surface area contributed by atoms with E-state index in [4.69, 9.17) is 4.43 Å². The summed E-state index contributed by atoms with van der Waals surface area (Å²) in [5.41, 5.74) is 0. The maximum absolute atomic E-state index is 6.57. The van der Waals surface area contributed by atoms with Crippen LogP contribution in [0.25, 0.3) is 0 Å². The Morgan fingerprint density at radius 1 is 0.773 bits per heavy atom. The Balaban J connectivity index is 1.97. The van der Waals surface area contributed by atoms with Gasteiger partial charge in [0.1, 0.15) is 0 Å². The van der Waals surface area contributed by atoms with E-state index in [9.17, 15) is 0 Å². The van der Waals surface area contributed by atoms with Gasteiger partial charge >= 0.3 is 0 Å². The monoisotopic (exact) mass is 342 g/mol. The second-order valence-electron chi connectivity index (χ2n) is 8.64. The predicted octanol–water partition coefficient (Wildman–Crippen LogP) is 7.08. The molecule has 1 saturated heterocycles. The maximum Gasteiger partial charge on any atom is 0.174 e. The Labute approximate surface area is 142 Å². The Hall–Kier alpha value is 0.394. The highest BCUT2D eigenvalue weighted by Crippen LogP contribution is 2.35. The molecule has 1 aliphatic heterocycles. The van der Waals surface area contributed by atoms with Crippen LogP contribution in [0.4, 0.5) is 0 Å². The fourth-order valence-corrected chi connectivity index (χ4v) is 10.3. The van der Waals surface area contributed by atoms with Crippen LogP contribution in [0.1, 0.15) is 84.0 Å². The van der Waals surface area contributed by atoms with Gasteiger partial charge in [0.25, 0.3) is 0 Å². The summed E-state index contributed by atoms with van der Waals surface area (Å²) in [5, 5.41) is 0. The third-order valence-electron chi connectivity index (χ3n) is 6.06. The van der Waals surface area contributed by atoms with Gasteiger partial charge in [-0.2, -0.15) is 0 Å². The number of hydrogen-bond donors (Lipinski definition) is 0. The van der Waals surface area contributed by atoms with Gasteiger partial charge in [0.15, 0.2) is 7.83 Å². The lowest BCUT2D eigenvalue weighted by molar-refractivity contribution is 0.171. The predicted molar refractivity (Wildman–Crippen MR) is 106 cm³/mol. The molecule has 0 aromatic rings. The van der Waals surface area contributed by atoms with Crippen molar-refractivity contribution in [2.75, 3.05) is 0 Å². The average molecular weight is 343 g/mol. The maximum atomic E-state index is 6.57. The van der Waals surface area contributed by atoms with Crippen LogP contribution in [0.15, 0.2) is 0 Å². The number of rotatable bonds is 11. The molecule has 1 fully saturated rings. The Morgan fingerprint density at radius 3 is 1.77 bits per heavy atom. The molecule has 22 heavy (non-hydrogen) atoms. The van der Waals surface area contributed by atoms with Gasteiger partial charge in [-0.15, -0.1) is 0 Å². The Bertz CT molecular complexity index is 289. The van der Waals surface area contributed by atoms with Gasteiger partial charge in [0, 0.05) is 6.10 Å². The molecular weight excluding hydrogens is 300 g/mol. The molecular formula is C19H42OSi2. The molecule has 1 aliphatic rings. The molecule has 0 bridgehead atoms. The number of hydrogen-bond acceptors (Lipinski definition) is 1. The summed E-state index contributed by atoms with van der Waals surface area (Å²) in [4.78, 5) is 0. The third-order valence-corrected chi connectivity index (χ3v) is 22.7. The lowest BCUT2D eigenvalue weighted by Gasteiger charge is -2.45. The molecule has 1 atom stereocenters. The summed E-state index contributed by atoms with van der Waals surface area (Å²) in [5.74, 6) is 0. The highest BCUT2D eigenvalue weighted by molar-refractivity contribution is 7.38. The molecule has 1 unspecified atom stereocenters. The first-order chi connectivity index (χ1) is 10.4. The summed E-state index contributed by atoms with van der Waals surface area (Å²) in [7, 11) is -2.36. The smallest absolute Gasteiger partial charge is 0.174 e. The van der Waals surface area contributed by atoms with Crippen LogP contribution in [-0.2, 0) is 4.43 Å². The van der Waals surface area contributed by atoms with E-state index in [2.05, 4.69) is 33.1 Å². The van der Waals surface area contributed by atoms with Gasteiger partial charge in [-0.25, -0.2) is 0 Å². The molecule has 132 valence electrons. The fraction of sp³-hybridized carbons (Fsp3) is 1.00. The van der Waals surface area contributed by atoms with Crippen molar-refractivity contribution in [2.24, 2.45) is 0 Å². The third kappa shape index (κ3) is 7.31. The van der Waals surface area contributed by atoms with Crippen LogP contribution in [0.3, 0.4) is 0 Å². The van der Waals surface area contributed by atoms with Crippen molar-refractivity contribution < 1.29 is 4.43 Å². The fourth-order valence-electron chi connectivity index (χ4n) is 3.52. The van der Waals surface area contributed by atoms with E-state index in [1.54, 1.807) is 0 Å². The van der Waals surface area contributed by atoms with E-state index in [1.165, 1.54) is 83.1 Å². The molecule has 0 amide bonds. The van der Waals surface area contributed by atoms with Crippen molar-refractivity contribution in [2.45, 2.75) is 122 Å². The topological polar surface area (TPSA) is 9.23 Å². The van der Waals surface area contributed by atoms with E-state index in [-0.39, 0.29) is 0 Å². The first-order valence-electron chi connectivity index (χ1n) is 10.1. The van der Waals surface area contributed by atoms with Crippen molar-refractivity contribution in [1.29, 1.82) is 0 Å². The van der Waals surface area contributed by atoms with E-state index >= 15 is 0 Å². The minimum atomic E-state index is -1.34. The molecule has 3 heteroatoms. The van der Waals surface area contributed by atoms with E-state index in [0.29, 0.717) is 6.10 Å². The standard InChI is InChI=1S/C19H42OSi2/c1-6-7-8-9-10-11-12-13-14-15-16-19-17-18-21(2,3)22(4,5)20-19/h19H,6-18H2,1-5H3. The summed E-state index contributed by atoms with van der Waals surface area (Å²) in [6.45, 7) is 12.3. The van der Waals surface area contributed by atoms with Crippen LogP contribution in [-0.4, -0.2) is 21.5 Å². The van der Waals surface area contributed by atoms with Gasteiger partial charge in [-0.1, -0.05) is 90.3 Å². The van der Waals surface area contributed by atoms with Crippen LogP contribution >= 0.6 is 0 Å². The minimum Gasteiger partial charge on any atom is -0.417 e. The van der Waals surface area contributed by atoms with Gasteiger partial charge in [0.2, 0.25) is 0 Å². The van der Waals surface area contributed by atoms with E-state index < -0.39 is 15.4 Å². The van der Waals surface area contributed by atoms with Crippen LogP contribution < -0.4 is 0 Å². The first-order valence-corrected chi connectivity index (χ1v) is 17.2. The Morgan fingerprint density at radius 2 is 1.27 bits per heavy atom. The number of unbranched alkanes of at least 4 members (excludes halogenated alkanes) is 9. The molecule has 0 radical (unpaired) electrons. The van der Waals surface area contributed by atoms with Crippen molar-refractivity contribution in [1.82, 2.24) is 0 Å². The molecule has 0 N–H and O–H groups in total. The summed E-state index contributed by atoms with van der Waals surface area (Å²) in [6.07, 6.45) is 17.7. The average Bonchev–Trinajstić information content (AvgIpc) is 2.45. The normalized spacial score (nSPS) is 23.6. The van der Waals surface area contributed by atoms with Crippen molar-refractivity contribution in [3.05, 3.63) is 0 Å². The van der Waals surface area contributed by atoms with Crippen molar-refractivity contribution >= 4 is 15.4 Å². The van der Waals surface area contributed by atoms with Gasteiger partial charge < -0.3 is 4.43 Å². The minimum absolute atomic E-state index is 0.608. The Kier molecular flexibility index (Phi) is 9.57. The molecule has 0 aromatic carbocycles. The van der Waals surface area contributed by atoms with Crippen LogP contribution in [0.5, 0.6) is 0 Å². The molecule has 0 saturated carbocycles. The summed E-state index contributed by atoms with van der Waals surface area (Å²) in [6, 6.07) is 1.51. The zero-order valence-corrected chi connectivity index (χ0v) is 18.2. The van der Waals surface area contributed by atoms with E-state index in [0.717, 1.165) is 0 Å². The quantitative estimate of drug-likeness (QED) is 0.288. The lowest BCUT2D eigenvalue weighted by Crippen LogP contribution is -2.61. The summed E-state index contributed by atoms with van der Waals surface area (Å²) >= 11 is 0. The van der Waals surface area contributed by atoms with Gasteiger partial charge in [0.05, 0.1) is 7.59 Å². The molecule has 0 aromatic heterocycles. The first kappa shape index (κ1) is 20.4. The highest BCUT2D eigenvalue weighted by atomic mass is 29.3. The molecule has 1 nitrogen and oxygen atoms in total. The second-order valence-corrected chi connectivity index (χ2v) is 23.8. The zero-order valence-electron chi connectivity index (χ0n) is 16.2. The highest BCUT2D eigenvalue weighted by Gasteiger charge is 2.47. The summed E-state index contributed by atoms with van der Waals surface area (Å²) < 4.78 is 6.57. The molecule has 0 spiro atoms. The molecule has 1 rings (SSSR count). The zero-order chi connectivity index (χ0) is 16.5. The largest absolute Gasteiger partial charge is 0.417 e. The van der Waals surface area contributed by atoms with Crippen molar-refractivity contribution in [3.8, 4) is 0 Å². The SMILES string of the molecule is CCCCCCCCCCCCC1CC[Si](C)(C)[Si](C)(C)O1. The van der Waals surface area contributed by atoms with Gasteiger partial charge in [-0.05, 0) is 25.9 Å². The van der Waals surface area contributed by atoms with Crippen molar-refractivity contribution in [3.63, 3.8) is 0 Å². The van der Waals surface area contributed by atoms with E-state index in [1.807, 2.05) is 0 Å². The van der Waals surface area contributed by atoms with Crippen LogP contribution in [0.2, 0.25) is 32.2 Å². The molecule has 0 aliphatic carbocycles. The molecule has 1 heterocycles. The lowest BCUT2D eigenvalue weighted by atomic mass is 10.0. The van der Waals surface area contributed by atoms with Crippen LogP contribution in [0, 0.1) is 0 Å².